The van der Waals surface area contributed by atoms with Crippen molar-refractivity contribution in [2.45, 2.75) is 39.0 Å². The number of hydrogen-bond acceptors (Lipinski definition) is 1. The zero-order valence-electron chi connectivity index (χ0n) is 9.49. The first-order chi connectivity index (χ1) is 7.24. The van der Waals surface area contributed by atoms with E-state index in [1.54, 1.807) is 0 Å². The molecule has 0 saturated heterocycles. The summed E-state index contributed by atoms with van der Waals surface area (Å²) in [5.74, 6) is 0.608. The molecule has 0 bridgehead atoms. The Hall–Kier alpha value is -1.11. The quantitative estimate of drug-likeness (QED) is 0.673. The number of aryl methyl sites for hydroxylation is 1. The second-order valence-electron chi connectivity index (χ2n) is 4.64. The van der Waals surface area contributed by atoms with E-state index in [1.807, 2.05) is 6.92 Å². The van der Waals surface area contributed by atoms with Crippen LogP contribution in [-0.2, 0) is 11.2 Å². The maximum atomic E-state index is 10.9. The van der Waals surface area contributed by atoms with Gasteiger partial charge in [-0.2, -0.15) is 0 Å². The molecule has 0 N–H and O–H groups in total. The van der Waals surface area contributed by atoms with Gasteiger partial charge in [-0.15, -0.1) is 0 Å². The number of hydrogen-bond donors (Lipinski definition) is 0. The van der Waals surface area contributed by atoms with Crippen LogP contribution in [0.15, 0.2) is 18.2 Å². The summed E-state index contributed by atoms with van der Waals surface area (Å²) in [6.07, 6.45) is 4.67. The van der Waals surface area contributed by atoms with E-state index in [4.69, 9.17) is 0 Å². The number of fused-ring (bicyclic) bond motifs is 1. The van der Waals surface area contributed by atoms with Gasteiger partial charge in [-0.3, -0.25) is 0 Å². The lowest BCUT2D eigenvalue weighted by Crippen LogP contribution is -2.18. The predicted molar refractivity (Wildman–Crippen MR) is 62.1 cm³/mol. The minimum Gasteiger partial charge on any atom is -0.303 e. The molecule has 0 amide bonds. The van der Waals surface area contributed by atoms with Gasteiger partial charge in [-0.1, -0.05) is 25.1 Å². The van der Waals surface area contributed by atoms with E-state index < -0.39 is 0 Å². The molecule has 1 aliphatic carbocycles. The summed E-state index contributed by atoms with van der Waals surface area (Å²) >= 11 is 0. The summed E-state index contributed by atoms with van der Waals surface area (Å²) in [6, 6.07) is 6.49. The van der Waals surface area contributed by atoms with Crippen molar-refractivity contribution >= 4 is 6.29 Å². The van der Waals surface area contributed by atoms with Gasteiger partial charge in [0, 0.05) is 5.92 Å². The highest BCUT2D eigenvalue weighted by Gasteiger charge is 2.25. The Labute approximate surface area is 91.5 Å². The second kappa shape index (κ2) is 4.18. The Morgan fingerprint density at radius 1 is 1.47 bits per heavy atom. The van der Waals surface area contributed by atoms with Crippen LogP contribution in [0.1, 0.15) is 42.4 Å². The standard InChI is InChI=1S/C14H18O/c1-10-5-3-8-14-12(10)6-4-7-13(14)11(2)9-15/h3,5,8-9,11,13H,4,6-7H2,1-2H3. The van der Waals surface area contributed by atoms with E-state index in [1.165, 1.54) is 29.5 Å². The smallest absolute Gasteiger partial charge is 0.123 e. The Morgan fingerprint density at radius 3 is 3.00 bits per heavy atom. The summed E-state index contributed by atoms with van der Waals surface area (Å²) in [6.45, 7) is 4.21. The van der Waals surface area contributed by atoms with Crippen molar-refractivity contribution in [2.24, 2.45) is 5.92 Å². The molecule has 2 atom stereocenters. The highest BCUT2D eigenvalue weighted by atomic mass is 16.1. The Bertz CT molecular complexity index is 368. The SMILES string of the molecule is Cc1cccc2c1CCCC2C(C)C=O. The van der Waals surface area contributed by atoms with Crippen LogP contribution in [0.25, 0.3) is 0 Å². The minimum atomic E-state index is 0.158. The van der Waals surface area contributed by atoms with Crippen LogP contribution in [0.3, 0.4) is 0 Å². The molecule has 15 heavy (non-hydrogen) atoms. The first kappa shape index (κ1) is 10.4. The number of carbonyl (C=O) groups excluding carboxylic acids is 1. The zero-order chi connectivity index (χ0) is 10.8. The van der Waals surface area contributed by atoms with Crippen LogP contribution in [0.5, 0.6) is 0 Å². The highest BCUT2D eigenvalue weighted by molar-refractivity contribution is 5.56. The van der Waals surface area contributed by atoms with Crippen LogP contribution in [-0.4, -0.2) is 6.29 Å². The lowest BCUT2D eigenvalue weighted by Gasteiger charge is -2.28. The molecule has 1 nitrogen and oxygen atoms in total. The second-order valence-corrected chi connectivity index (χ2v) is 4.64. The summed E-state index contributed by atoms with van der Waals surface area (Å²) in [7, 11) is 0. The third-order valence-electron chi connectivity index (χ3n) is 3.64. The van der Waals surface area contributed by atoms with E-state index in [-0.39, 0.29) is 5.92 Å². The van der Waals surface area contributed by atoms with E-state index in [2.05, 4.69) is 25.1 Å². The van der Waals surface area contributed by atoms with Gasteiger partial charge in [-0.05, 0) is 48.8 Å². The van der Waals surface area contributed by atoms with Gasteiger partial charge in [0.2, 0.25) is 0 Å². The van der Waals surface area contributed by atoms with Crippen molar-refractivity contribution < 1.29 is 4.79 Å². The fourth-order valence-corrected chi connectivity index (χ4v) is 2.71. The van der Waals surface area contributed by atoms with Crippen molar-refractivity contribution in [1.29, 1.82) is 0 Å². The average Bonchev–Trinajstić information content (AvgIpc) is 2.28. The molecule has 2 rings (SSSR count). The molecular formula is C14H18O. The largest absolute Gasteiger partial charge is 0.303 e. The van der Waals surface area contributed by atoms with Crippen LogP contribution >= 0.6 is 0 Å². The van der Waals surface area contributed by atoms with Crippen LogP contribution in [0.2, 0.25) is 0 Å². The maximum absolute atomic E-state index is 10.9. The summed E-state index contributed by atoms with van der Waals surface area (Å²) in [4.78, 5) is 10.9. The molecule has 80 valence electrons. The third kappa shape index (κ3) is 1.83. The molecule has 0 spiro atoms. The van der Waals surface area contributed by atoms with Gasteiger partial charge < -0.3 is 4.79 Å². The molecule has 0 saturated carbocycles. The molecule has 1 aliphatic rings. The van der Waals surface area contributed by atoms with E-state index in [0.29, 0.717) is 5.92 Å². The van der Waals surface area contributed by atoms with Gasteiger partial charge in [0.1, 0.15) is 6.29 Å². The topological polar surface area (TPSA) is 17.1 Å². The maximum Gasteiger partial charge on any atom is 0.123 e. The van der Waals surface area contributed by atoms with E-state index in [0.717, 1.165) is 12.7 Å². The van der Waals surface area contributed by atoms with Gasteiger partial charge >= 0.3 is 0 Å². The molecule has 1 heteroatoms. The number of aldehydes is 1. The van der Waals surface area contributed by atoms with Gasteiger partial charge in [0.05, 0.1) is 0 Å². The fourth-order valence-electron chi connectivity index (χ4n) is 2.71. The first-order valence-corrected chi connectivity index (χ1v) is 5.77. The molecule has 0 aliphatic heterocycles. The summed E-state index contributed by atoms with van der Waals surface area (Å²) < 4.78 is 0. The van der Waals surface area contributed by atoms with Crippen molar-refractivity contribution in [3.8, 4) is 0 Å². The summed E-state index contributed by atoms with van der Waals surface area (Å²) in [5, 5.41) is 0. The van der Waals surface area contributed by atoms with Gasteiger partial charge in [0.25, 0.3) is 0 Å². The number of carbonyl (C=O) groups is 1. The molecule has 1 aromatic rings. The number of rotatable bonds is 2. The molecule has 1 aromatic carbocycles. The lowest BCUT2D eigenvalue weighted by molar-refractivity contribution is -0.111. The third-order valence-corrected chi connectivity index (χ3v) is 3.64. The van der Waals surface area contributed by atoms with Gasteiger partial charge in [0.15, 0.2) is 0 Å². The van der Waals surface area contributed by atoms with Crippen LogP contribution in [0.4, 0.5) is 0 Å². The van der Waals surface area contributed by atoms with Crippen LogP contribution in [0, 0.1) is 12.8 Å². The lowest BCUT2D eigenvalue weighted by atomic mass is 9.76. The molecule has 0 aromatic heterocycles. The zero-order valence-corrected chi connectivity index (χ0v) is 9.49. The Kier molecular flexibility index (Phi) is 2.90. The van der Waals surface area contributed by atoms with E-state index in [9.17, 15) is 4.79 Å². The average molecular weight is 202 g/mol. The fraction of sp³-hybridized carbons (Fsp3) is 0.500. The monoisotopic (exact) mass is 202 g/mol. The Morgan fingerprint density at radius 2 is 2.27 bits per heavy atom. The van der Waals surface area contributed by atoms with Crippen molar-refractivity contribution in [3.63, 3.8) is 0 Å². The van der Waals surface area contributed by atoms with Crippen molar-refractivity contribution in [2.75, 3.05) is 0 Å². The van der Waals surface area contributed by atoms with Crippen molar-refractivity contribution in [3.05, 3.63) is 34.9 Å². The van der Waals surface area contributed by atoms with E-state index >= 15 is 0 Å². The molecule has 0 fully saturated rings. The first-order valence-electron chi connectivity index (χ1n) is 5.77. The minimum absolute atomic E-state index is 0.158. The van der Waals surface area contributed by atoms with Crippen molar-refractivity contribution in [1.82, 2.24) is 0 Å². The number of benzene rings is 1. The van der Waals surface area contributed by atoms with Crippen LogP contribution < -0.4 is 0 Å². The predicted octanol–water partition coefficient (Wildman–Crippen LogP) is 3.25. The molecular weight excluding hydrogens is 184 g/mol. The molecule has 0 radical (unpaired) electrons. The normalized spacial score (nSPS) is 21.9. The summed E-state index contributed by atoms with van der Waals surface area (Å²) in [5.41, 5.74) is 4.29. The molecule has 2 unspecified atom stereocenters. The highest BCUT2D eigenvalue weighted by Crippen LogP contribution is 2.37. The Balaban J connectivity index is 2.42. The van der Waals surface area contributed by atoms with Gasteiger partial charge in [-0.25, -0.2) is 0 Å². The molecule has 0 heterocycles.